The Bertz CT molecular complexity index is 1660. The molecule has 0 fully saturated rings. The van der Waals surface area contributed by atoms with Gasteiger partial charge in [-0.1, -0.05) is 0 Å². The summed E-state index contributed by atoms with van der Waals surface area (Å²) in [4.78, 5) is 0. The van der Waals surface area contributed by atoms with E-state index in [1.807, 2.05) is 0 Å². The first kappa shape index (κ1) is 45.5. The first-order valence-electron chi connectivity index (χ1n) is 12.4. The minimum atomic E-state index is -7.05. The topological polar surface area (TPSA) is 83.1 Å². The average molecular weight is 923 g/mol. The number of rotatable bonds is 16. The first-order chi connectivity index (χ1) is 23.5. The van der Waals surface area contributed by atoms with Gasteiger partial charge in [-0.05, 0) is 0 Å². The summed E-state index contributed by atoms with van der Waals surface area (Å²) in [5.41, 5.74) is -6.05. The zero-order valence-corrected chi connectivity index (χ0v) is 39.7. The number of benzene rings is 2. The molecule has 2 aromatic rings. The average Bonchev–Trinajstić information content (AvgIpc) is 3.11. The molecule has 0 aromatic heterocycles. The van der Waals surface area contributed by atoms with Crippen LogP contribution in [0.25, 0.3) is 0 Å². The van der Waals surface area contributed by atoms with Crippen molar-refractivity contribution in [2.24, 2.45) is 0 Å². The third kappa shape index (κ3) is 7.96. The molecule has 3 unspecified atom stereocenters. The molecule has 0 amide bonds. The second-order valence-corrected chi connectivity index (χ2v) is 26.1. The fourth-order valence-corrected chi connectivity index (χ4v) is 28.3. The summed E-state index contributed by atoms with van der Waals surface area (Å²) in [5.74, 6) is -28.8. The Morgan fingerprint density at radius 3 is 0.922 bits per heavy atom. The summed E-state index contributed by atoms with van der Waals surface area (Å²) >= 11 is 0. The van der Waals surface area contributed by atoms with E-state index in [0.29, 0.717) is 7.11 Å². The van der Waals surface area contributed by atoms with Gasteiger partial charge < -0.3 is 37.3 Å². The Morgan fingerprint density at radius 2 is 0.647 bits per heavy atom. The molecule has 0 N–H and O–H groups in total. The Hall–Kier alpha value is -1.61. The molecule has 0 bridgehead atoms. The van der Waals surface area contributed by atoms with Gasteiger partial charge in [0.15, 0.2) is 46.5 Å². The van der Waals surface area contributed by atoms with Crippen LogP contribution in [-0.2, 0) is 37.3 Å². The van der Waals surface area contributed by atoms with Crippen LogP contribution in [0.3, 0.4) is 0 Å². The molecule has 51 heavy (non-hydrogen) atoms. The minimum Gasteiger partial charge on any atom is -0.422 e. The molecule has 9 nitrogen and oxygen atoms in total. The fraction of sp³-hybridized carbons (Fsp3) is 0.0588. The van der Waals surface area contributed by atoms with Crippen LogP contribution in [-0.4, -0.2) is 94.8 Å². The van der Waals surface area contributed by atoms with E-state index in [0.717, 1.165) is 0 Å². The maximum atomic E-state index is 15.7. The molecule has 0 spiro atoms. The van der Waals surface area contributed by atoms with Crippen LogP contribution in [0.5, 0.6) is 0 Å². The van der Waals surface area contributed by atoms with Crippen LogP contribution in [0, 0.1) is 58.2 Å². The maximum absolute atomic E-state index is 15.7. The van der Waals surface area contributed by atoms with Gasteiger partial charge in [0.1, 0.15) is 52.4 Å². The molecule has 0 radical (unpaired) electrons. The molecule has 2 aromatic carbocycles. The fourth-order valence-electron chi connectivity index (χ4n) is 3.91. The predicted octanol–water partition coefficient (Wildman–Crippen LogP) is -1.64. The largest absolute Gasteiger partial charge is 0.547 e. The lowest BCUT2D eigenvalue weighted by atomic mass is 10.3. The molecule has 0 aliphatic heterocycles. The highest BCUT2D eigenvalue weighted by Crippen LogP contribution is 2.37. The molecule has 34 heteroatoms. The molecule has 288 valence electrons. The Morgan fingerprint density at radius 1 is 0.392 bits per heavy atom. The van der Waals surface area contributed by atoms with Gasteiger partial charge in [0, 0.05) is 7.11 Å². The summed E-state index contributed by atoms with van der Waals surface area (Å²) in [5, 5.41) is -4.80. The second-order valence-electron chi connectivity index (χ2n) is 8.79. The van der Waals surface area contributed by atoms with Gasteiger partial charge in [-0.3, -0.25) is 0 Å². The first-order valence-corrected chi connectivity index (χ1v) is 23.4. The van der Waals surface area contributed by atoms with Gasteiger partial charge in [-0.15, -0.1) is 0 Å². The maximum Gasteiger partial charge on any atom is 0.547 e. The summed E-state index contributed by atoms with van der Waals surface area (Å²) in [7, 11) is -31.6. The zero-order chi connectivity index (χ0) is 39.6. The Labute approximate surface area is 293 Å². The number of halogens is 16. The molecule has 0 saturated carbocycles. The molecule has 0 saturated heterocycles. The van der Waals surface area contributed by atoms with Crippen LogP contribution in [0.4, 0.5) is 70.2 Å². The lowest BCUT2D eigenvalue weighted by Crippen LogP contribution is -2.74. The normalized spacial score (nSPS) is 16.9. The monoisotopic (exact) mass is 922 g/mol. The third-order valence-corrected chi connectivity index (χ3v) is 27.6. The number of hydrogen-bond donors (Lipinski definition) is 0. The lowest BCUT2D eigenvalue weighted by molar-refractivity contribution is 0.130. The van der Waals surface area contributed by atoms with Crippen molar-refractivity contribution in [2.75, 3.05) is 7.11 Å². The highest BCUT2D eigenvalue weighted by molar-refractivity contribution is 6.95. The van der Waals surface area contributed by atoms with Crippen LogP contribution in [0.15, 0.2) is 23.1 Å². The molecule has 3 atom stereocenters. The van der Waals surface area contributed by atoms with Crippen LogP contribution < -0.4 is 10.4 Å². The van der Waals surface area contributed by atoms with E-state index in [2.05, 4.69) is 8.23 Å². The summed E-state index contributed by atoms with van der Waals surface area (Å²) in [6.45, 7) is 0. The molecule has 2 rings (SSSR count). The molecule has 0 aliphatic carbocycles. The van der Waals surface area contributed by atoms with Crippen molar-refractivity contribution in [3.8, 4) is 0 Å². The van der Waals surface area contributed by atoms with E-state index >= 15 is 22.0 Å². The van der Waals surface area contributed by atoms with Crippen molar-refractivity contribution >= 4 is 98.0 Å². The quantitative estimate of drug-likeness (QED) is 0.0854. The van der Waals surface area contributed by atoms with Gasteiger partial charge in [0.05, 0.1) is 10.4 Å². The molecule has 0 aliphatic rings. The van der Waals surface area contributed by atoms with Crippen molar-refractivity contribution < 1.29 is 108 Å². The van der Waals surface area contributed by atoms with Crippen LogP contribution >= 0.6 is 0 Å². The Balaban J connectivity index is 3.31. The van der Waals surface area contributed by atoms with Crippen molar-refractivity contribution in [1.82, 2.24) is 0 Å². The van der Waals surface area contributed by atoms with E-state index < -0.39 is 179 Å². The SMILES string of the molecule is CO[Si](O[SiH3])(O[Si](O[SiH3])(O[Si](O[SiH3])(O[Si](O[SiH3])(O[SiH3])C(F)=C(F)F)c1c(F)c(F)c(F)c(F)c1F)C(F)=C(F)F)c1c(F)c(F)c(F)c(F)c1F. The van der Waals surface area contributed by atoms with Crippen molar-refractivity contribution in [1.29, 1.82) is 0 Å². The molecular formula is C17H18F16O9Si9. The zero-order valence-electron chi connectivity index (χ0n) is 25.7. The summed E-state index contributed by atoms with van der Waals surface area (Å²) in [6.07, 6.45) is -6.98. The van der Waals surface area contributed by atoms with Gasteiger partial charge >= 0.3 is 47.4 Å². The van der Waals surface area contributed by atoms with Gasteiger partial charge in [-0.25, -0.2) is 52.7 Å². The molecular weight excluding hydrogens is 905 g/mol. The van der Waals surface area contributed by atoms with E-state index in [1.165, 1.54) is 0 Å². The van der Waals surface area contributed by atoms with E-state index in [-0.39, 0.29) is 0 Å². The molecule has 0 heterocycles. The minimum absolute atomic E-state index is 0.309. The van der Waals surface area contributed by atoms with Gasteiger partial charge in [0.25, 0.3) is 0 Å². The van der Waals surface area contributed by atoms with Crippen LogP contribution in [0.2, 0.25) is 0 Å². The lowest BCUT2D eigenvalue weighted by Gasteiger charge is -2.42. The van der Waals surface area contributed by atoms with Crippen molar-refractivity contribution in [3.63, 3.8) is 0 Å². The van der Waals surface area contributed by atoms with Gasteiger partial charge in [0.2, 0.25) is 22.5 Å². The predicted molar refractivity (Wildman–Crippen MR) is 161 cm³/mol. The van der Waals surface area contributed by atoms with Crippen LogP contribution in [0.1, 0.15) is 0 Å². The van der Waals surface area contributed by atoms with E-state index in [1.54, 1.807) is 0 Å². The van der Waals surface area contributed by atoms with Crippen molar-refractivity contribution in [3.05, 3.63) is 81.2 Å². The Kier molecular flexibility index (Phi) is 15.4. The third-order valence-electron chi connectivity index (χ3n) is 6.32. The van der Waals surface area contributed by atoms with E-state index in [4.69, 9.17) is 29.1 Å². The second kappa shape index (κ2) is 17.2. The summed E-state index contributed by atoms with van der Waals surface area (Å²) < 4.78 is 276. The van der Waals surface area contributed by atoms with Gasteiger partial charge in [-0.2, -0.15) is 17.6 Å². The standard InChI is InChI=1S/C17H18F16O9Si9/c1-34-48(35-43,12-8(24)4(20)2(18)5(21)9(12)25)40-51(39-47,17(33)15(30)31)42-49(36-44,41-50(37-45,38-46)16(32)14(28)29)13-10(26)6(22)3(19)7(23)11(13)27/h1,43-47H3. The highest BCUT2D eigenvalue weighted by atomic mass is 28.5. The van der Waals surface area contributed by atoms with E-state index in [9.17, 15) is 48.3 Å². The number of hydrogen-bond acceptors (Lipinski definition) is 9. The highest BCUT2D eigenvalue weighted by Gasteiger charge is 2.69. The summed E-state index contributed by atoms with van der Waals surface area (Å²) in [6, 6.07) is 0. The smallest absolute Gasteiger partial charge is 0.422 e. The van der Waals surface area contributed by atoms with Crippen molar-refractivity contribution in [2.45, 2.75) is 0 Å².